The molecule has 0 spiro atoms. The number of hydrogen-bond donors (Lipinski definition) is 0. The van der Waals surface area contributed by atoms with E-state index in [9.17, 15) is 13.2 Å². The van der Waals surface area contributed by atoms with Crippen LogP contribution in [0.4, 0.5) is 13.2 Å². The van der Waals surface area contributed by atoms with Crippen LogP contribution in [0, 0.1) is 17.5 Å². The lowest BCUT2D eigenvalue weighted by Crippen LogP contribution is -2.49. The minimum absolute atomic E-state index is 0.383. The molecule has 0 nitrogen and oxygen atoms in total. The van der Waals surface area contributed by atoms with Gasteiger partial charge in [0.05, 0.1) is 16.1 Å². The molecule has 1 aromatic rings. The predicted octanol–water partition coefficient (Wildman–Crippen LogP) is 3.19. The number of halogens is 3. The van der Waals surface area contributed by atoms with Crippen molar-refractivity contribution < 1.29 is 13.2 Å². The maximum atomic E-state index is 13.8. The first kappa shape index (κ1) is 14.5. The molecule has 0 radical (unpaired) electrons. The van der Waals surface area contributed by atoms with Crippen molar-refractivity contribution in [2.24, 2.45) is 0 Å². The van der Waals surface area contributed by atoms with Gasteiger partial charge in [-0.05, 0) is 10.4 Å². The van der Waals surface area contributed by atoms with E-state index in [0.717, 1.165) is 0 Å². The number of hydrogen-bond acceptors (Lipinski definition) is 0. The Labute approximate surface area is 103 Å². The van der Waals surface area contributed by atoms with E-state index in [0.29, 0.717) is 10.4 Å². The molecular formula is C12H19F3Si2. The molecule has 17 heavy (non-hydrogen) atoms. The van der Waals surface area contributed by atoms with E-state index in [1.165, 1.54) is 0 Å². The molecule has 0 heterocycles. The fourth-order valence-electron chi connectivity index (χ4n) is 1.70. The summed E-state index contributed by atoms with van der Waals surface area (Å²) >= 11 is 0. The van der Waals surface area contributed by atoms with E-state index in [2.05, 4.69) is 0 Å². The van der Waals surface area contributed by atoms with Gasteiger partial charge in [-0.15, -0.1) is 0 Å². The third-order valence-electron chi connectivity index (χ3n) is 2.76. The second-order valence-electron chi connectivity index (χ2n) is 6.41. The van der Waals surface area contributed by atoms with Crippen LogP contribution in [0.3, 0.4) is 0 Å². The summed E-state index contributed by atoms with van der Waals surface area (Å²) in [5.74, 6) is -3.30. The van der Waals surface area contributed by atoms with Crippen molar-refractivity contribution in [1.29, 1.82) is 0 Å². The van der Waals surface area contributed by atoms with Crippen LogP contribution in [0.2, 0.25) is 39.3 Å². The Kier molecular flexibility index (Phi) is 3.65. The lowest BCUT2D eigenvalue weighted by Gasteiger charge is -2.24. The fraction of sp³-hybridized carbons (Fsp3) is 0.500. The normalized spacial score (nSPS) is 13.0. The summed E-state index contributed by atoms with van der Waals surface area (Å²) in [6, 6.07) is 1.56. The van der Waals surface area contributed by atoms with Crippen molar-refractivity contribution in [3.05, 3.63) is 23.5 Å². The zero-order chi connectivity index (χ0) is 13.6. The molecular weight excluding hydrogens is 257 g/mol. The van der Waals surface area contributed by atoms with Crippen LogP contribution in [-0.4, -0.2) is 16.1 Å². The standard InChI is InChI=1S/C12H19F3Si2/c1-16(2,3)8-7-9(17(4,5)6)11(14)12(15)10(8)13/h7H,1-6H3. The smallest absolute Gasteiger partial charge is 0.194 e. The molecule has 5 heteroatoms. The van der Waals surface area contributed by atoms with E-state index < -0.39 is 33.6 Å². The quantitative estimate of drug-likeness (QED) is 0.575. The van der Waals surface area contributed by atoms with Crippen LogP contribution in [0.15, 0.2) is 6.07 Å². The summed E-state index contributed by atoms with van der Waals surface area (Å²) in [4.78, 5) is 0. The maximum absolute atomic E-state index is 13.8. The van der Waals surface area contributed by atoms with Gasteiger partial charge in [0.15, 0.2) is 17.5 Å². The Morgan fingerprint density at radius 1 is 0.647 bits per heavy atom. The Bertz CT molecular complexity index is 404. The van der Waals surface area contributed by atoms with E-state index >= 15 is 0 Å². The minimum Gasteiger partial charge on any atom is -0.204 e. The van der Waals surface area contributed by atoms with Gasteiger partial charge in [0, 0.05) is 0 Å². The van der Waals surface area contributed by atoms with Gasteiger partial charge in [0.1, 0.15) is 0 Å². The number of rotatable bonds is 2. The molecule has 0 saturated carbocycles. The molecule has 0 aliphatic heterocycles. The molecule has 0 aromatic heterocycles. The van der Waals surface area contributed by atoms with Crippen molar-refractivity contribution >= 4 is 26.5 Å². The summed E-state index contributed by atoms with van der Waals surface area (Å²) in [5, 5.41) is 0.766. The predicted molar refractivity (Wildman–Crippen MR) is 72.3 cm³/mol. The van der Waals surface area contributed by atoms with Gasteiger partial charge in [0.25, 0.3) is 0 Å². The monoisotopic (exact) mass is 276 g/mol. The van der Waals surface area contributed by atoms with Gasteiger partial charge in [-0.2, -0.15) is 0 Å². The van der Waals surface area contributed by atoms with Gasteiger partial charge >= 0.3 is 0 Å². The molecule has 0 atom stereocenters. The molecule has 0 saturated heterocycles. The summed E-state index contributed by atoms with van der Waals surface area (Å²) in [7, 11) is -4.00. The Morgan fingerprint density at radius 3 is 1.18 bits per heavy atom. The van der Waals surface area contributed by atoms with Gasteiger partial charge < -0.3 is 0 Å². The van der Waals surface area contributed by atoms with Crippen molar-refractivity contribution in [3.63, 3.8) is 0 Å². The molecule has 0 bridgehead atoms. The van der Waals surface area contributed by atoms with Crippen LogP contribution >= 0.6 is 0 Å². The van der Waals surface area contributed by atoms with Crippen molar-refractivity contribution in [1.82, 2.24) is 0 Å². The zero-order valence-corrected chi connectivity index (χ0v) is 13.2. The first-order valence-corrected chi connectivity index (χ1v) is 12.6. The van der Waals surface area contributed by atoms with Crippen LogP contribution in [0.5, 0.6) is 0 Å². The molecule has 0 amide bonds. The SMILES string of the molecule is C[Si](C)(C)c1cc([Si](C)(C)C)c(F)c(F)c1F. The van der Waals surface area contributed by atoms with Gasteiger partial charge in [-0.25, -0.2) is 13.2 Å². The molecule has 0 fully saturated rings. The van der Waals surface area contributed by atoms with Crippen molar-refractivity contribution in [2.75, 3.05) is 0 Å². The first-order chi connectivity index (χ1) is 7.46. The summed E-state index contributed by atoms with van der Waals surface area (Å²) in [6.07, 6.45) is 0. The van der Waals surface area contributed by atoms with Crippen LogP contribution in [0.1, 0.15) is 0 Å². The highest BCUT2D eigenvalue weighted by Gasteiger charge is 2.31. The summed E-state index contributed by atoms with van der Waals surface area (Å²) < 4.78 is 41.1. The second kappa shape index (κ2) is 4.28. The molecule has 96 valence electrons. The van der Waals surface area contributed by atoms with Crippen LogP contribution in [0.25, 0.3) is 0 Å². The average Bonchev–Trinajstić information content (AvgIpc) is 2.10. The zero-order valence-electron chi connectivity index (χ0n) is 11.2. The second-order valence-corrected chi connectivity index (χ2v) is 16.5. The van der Waals surface area contributed by atoms with E-state index in [4.69, 9.17) is 0 Å². The lowest BCUT2D eigenvalue weighted by atomic mass is 10.3. The van der Waals surface area contributed by atoms with Crippen molar-refractivity contribution in [3.8, 4) is 0 Å². The van der Waals surface area contributed by atoms with E-state index in [1.807, 2.05) is 39.3 Å². The minimum atomic E-state index is -2.00. The third-order valence-corrected chi connectivity index (χ3v) is 6.72. The van der Waals surface area contributed by atoms with Crippen LogP contribution < -0.4 is 10.4 Å². The average molecular weight is 276 g/mol. The molecule has 0 aliphatic rings. The third kappa shape index (κ3) is 2.82. The Morgan fingerprint density at radius 2 is 0.941 bits per heavy atom. The van der Waals surface area contributed by atoms with Gasteiger partial charge in [0.2, 0.25) is 0 Å². The maximum Gasteiger partial charge on any atom is 0.194 e. The van der Waals surface area contributed by atoms with Gasteiger partial charge in [-0.3, -0.25) is 0 Å². The van der Waals surface area contributed by atoms with Crippen molar-refractivity contribution in [2.45, 2.75) is 39.3 Å². The highest BCUT2D eigenvalue weighted by atomic mass is 28.3. The largest absolute Gasteiger partial charge is 0.204 e. The number of benzene rings is 1. The molecule has 1 aromatic carbocycles. The first-order valence-electron chi connectivity index (χ1n) is 5.64. The molecule has 0 unspecified atom stereocenters. The molecule has 0 N–H and O–H groups in total. The van der Waals surface area contributed by atoms with E-state index in [-0.39, 0.29) is 0 Å². The topological polar surface area (TPSA) is 0 Å². The Balaban J connectivity index is 3.63. The summed E-state index contributed by atoms with van der Waals surface area (Å²) in [5.41, 5.74) is 0. The highest BCUT2D eigenvalue weighted by Crippen LogP contribution is 2.15. The summed E-state index contributed by atoms with van der Waals surface area (Å²) in [6.45, 7) is 11.6. The van der Waals surface area contributed by atoms with Crippen LogP contribution in [-0.2, 0) is 0 Å². The van der Waals surface area contributed by atoms with Gasteiger partial charge in [-0.1, -0.05) is 45.3 Å². The highest BCUT2D eigenvalue weighted by molar-refractivity contribution is 6.91. The Hall–Kier alpha value is -0.556. The van der Waals surface area contributed by atoms with E-state index in [1.54, 1.807) is 6.07 Å². The molecule has 0 aliphatic carbocycles. The lowest BCUT2D eigenvalue weighted by molar-refractivity contribution is 0.454. The fourth-order valence-corrected chi connectivity index (χ4v) is 4.53. The molecule has 1 rings (SSSR count).